The fraction of sp³-hybridized carbons (Fsp3) is 0.500. The first-order chi connectivity index (χ1) is 19.9. The predicted molar refractivity (Wildman–Crippen MR) is 133 cm³/mol. The number of phenolic OH excluding ortho intramolecular Hbond substituents is 3. The summed E-state index contributed by atoms with van der Waals surface area (Å²) in [5.41, 5.74) is -0.221. The highest BCUT2D eigenvalue weighted by Crippen LogP contribution is 2.46. The molecule has 10 N–H and O–H groups in total. The van der Waals surface area contributed by atoms with Crippen molar-refractivity contribution in [3.8, 4) is 34.5 Å². The van der Waals surface area contributed by atoms with Crippen molar-refractivity contribution in [1.82, 2.24) is 0 Å². The molecule has 10 unspecified atom stereocenters. The number of benzene rings is 2. The largest absolute Gasteiger partial charge is 0.507 e. The van der Waals surface area contributed by atoms with Crippen LogP contribution in [0.25, 0.3) is 0 Å². The number of hydrogen-bond acceptors (Lipinski definition) is 16. The number of rotatable bonds is 6. The van der Waals surface area contributed by atoms with Crippen molar-refractivity contribution in [2.24, 2.45) is 0 Å². The van der Waals surface area contributed by atoms with Crippen LogP contribution in [0.5, 0.6) is 34.5 Å². The normalized spacial score (nSPS) is 34.8. The van der Waals surface area contributed by atoms with Crippen LogP contribution in [0, 0.1) is 0 Å². The van der Waals surface area contributed by atoms with Crippen LogP contribution in [0.4, 0.5) is 0 Å². The van der Waals surface area contributed by atoms with Gasteiger partial charge < -0.3 is 74.7 Å². The van der Waals surface area contributed by atoms with Gasteiger partial charge in [0.05, 0.1) is 19.6 Å². The number of fused-ring (bicyclic) bond motifs is 1. The van der Waals surface area contributed by atoms with Gasteiger partial charge in [0.25, 0.3) is 0 Å². The van der Waals surface area contributed by atoms with Gasteiger partial charge in [-0.15, -0.1) is 0 Å². The average molecular weight is 599 g/mol. The molecule has 0 aromatic heterocycles. The van der Waals surface area contributed by atoms with Crippen LogP contribution in [0.2, 0.25) is 0 Å². The summed E-state index contributed by atoms with van der Waals surface area (Å²) in [5, 5.41) is 100. The second-order valence-electron chi connectivity index (χ2n) is 10.1. The number of aromatic hydroxyl groups is 3. The monoisotopic (exact) mass is 598 g/mol. The van der Waals surface area contributed by atoms with Crippen LogP contribution in [0.15, 0.2) is 24.3 Å². The maximum absolute atomic E-state index is 13.1. The SMILES string of the molecule is O=C1CC(c2cc(O)c(O)cc2OC2OCC(O)C(O)C2O)Oc2cc(OC3OC(CO)C(O)C(O)C3O)cc(O)c21. The Bertz CT molecular complexity index is 1320. The zero-order valence-electron chi connectivity index (χ0n) is 21.6. The fourth-order valence-electron chi connectivity index (χ4n) is 4.89. The van der Waals surface area contributed by atoms with E-state index in [1.807, 2.05) is 0 Å². The summed E-state index contributed by atoms with van der Waals surface area (Å²) in [6, 6.07) is 4.22. The molecule has 10 atom stereocenters. The summed E-state index contributed by atoms with van der Waals surface area (Å²) in [5.74, 6) is -3.02. The van der Waals surface area contributed by atoms with Gasteiger partial charge in [0, 0.05) is 23.8 Å². The number of phenols is 3. The summed E-state index contributed by atoms with van der Waals surface area (Å²) in [6.07, 6.45) is -15.8. The highest BCUT2D eigenvalue weighted by molar-refractivity contribution is 6.02. The van der Waals surface area contributed by atoms with E-state index < -0.39 is 91.1 Å². The number of hydrogen-bond donors (Lipinski definition) is 10. The Labute approximate surface area is 236 Å². The quantitative estimate of drug-likeness (QED) is 0.154. The minimum absolute atomic E-state index is 0.000423. The Morgan fingerprint density at radius 2 is 1.48 bits per heavy atom. The van der Waals surface area contributed by atoms with Crippen LogP contribution in [0.3, 0.4) is 0 Å². The van der Waals surface area contributed by atoms with E-state index in [1.54, 1.807) is 0 Å². The van der Waals surface area contributed by atoms with E-state index in [2.05, 4.69) is 0 Å². The second kappa shape index (κ2) is 11.7. The van der Waals surface area contributed by atoms with E-state index >= 15 is 0 Å². The lowest BCUT2D eigenvalue weighted by molar-refractivity contribution is -0.277. The van der Waals surface area contributed by atoms with Gasteiger partial charge in [0.1, 0.15) is 77.4 Å². The second-order valence-corrected chi connectivity index (χ2v) is 10.1. The molecule has 2 aromatic rings. The Kier molecular flexibility index (Phi) is 8.35. The van der Waals surface area contributed by atoms with E-state index in [0.29, 0.717) is 0 Å². The number of aliphatic hydroxyl groups is 7. The third kappa shape index (κ3) is 5.51. The first-order valence-electron chi connectivity index (χ1n) is 12.8. The first kappa shape index (κ1) is 30.0. The lowest BCUT2D eigenvalue weighted by atomic mass is 9.94. The highest BCUT2D eigenvalue weighted by atomic mass is 16.7. The molecule has 0 aliphatic carbocycles. The first-order valence-corrected chi connectivity index (χ1v) is 12.8. The smallest absolute Gasteiger partial charge is 0.229 e. The number of carbonyl (C=O) groups excluding carboxylic acids is 1. The van der Waals surface area contributed by atoms with Gasteiger partial charge in [0.2, 0.25) is 12.6 Å². The van der Waals surface area contributed by atoms with Crippen molar-refractivity contribution in [2.75, 3.05) is 13.2 Å². The van der Waals surface area contributed by atoms with Gasteiger partial charge in [-0.05, 0) is 6.07 Å². The van der Waals surface area contributed by atoms with Crippen LogP contribution >= 0.6 is 0 Å². The zero-order chi connectivity index (χ0) is 30.5. The summed E-state index contributed by atoms with van der Waals surface area (Å²) in [7, 11) is 0. The Hall–Kier alpha value is -3.45. The molecule has 230 valence electrons. The molecule has 0 radical (unpaired) electrons. The lowest BCUT2D eigenvalue weighted by Crippen LogP contribution is -2.60. The van der Waals surface area contributed by atoms with Gasteiger partial charge in [-0.2, -0.15) is 0 Å². The van der Waals surface area contributed by atoms with E-state index in [0.717, 1.165) is 18.2 Å². The standard InChI is InChI=1S/C26H30O16/c27-6-18-21(34)22(35)24(37)26(42-18)39-8-1-12(30)19-13(31)5-15(40-17(19)2-8)9-3-10(28)11(29)4-16(9)41-25-23(36)20(33)14(32)7-38-25/h1-4,14-15,18,20-30,32-37H,5-7H2. The molecule has 3 aliphatic heterocycles. The molecular formula is C26H30O16. The topological polar surface area (TPSA) is 266 Å². The number of ether oxygens (including phenoxy) is 5. The molecule has 2 fully saturated rings. The fourth-order valence-corrected chi connectivity index (χ4v) is 4.89. The molecule has 0 spiro atoms. The van der Waals surface area contributed by atoms with Gasteiger partial charge in [-0.1, -0.05) is 0 Å². The van der Waals surface area contributed by atoms with Crippen molar-refractivity contribution >= 4 is 5.78 Å². The molecule has 0 saturated carbocycles. The zero-order valence-corrected chi connectivity index (χ0v) is 21.6. The van der Waals surface area contributed by atoms with E-state index in [4.69, 9.17) is 23.7 Å². The van der Waals surface area contributed by atoms with Gasteiger partial charge in [-0.25, -0.2) is 0 Å². The molecule has 42 heavy (non-hydrogen) atoms. The number of carbonyl (C=O) groups is 1. The number of aliphatic hydroxyl groups excluding tert-OH is 7. The van der Waals surface area contributed by atoms with Crippen molar-refractivity contribution in [2.45, 2.75) is 67.8 Å². The van der Waals surface area contributed by atoms with Crippen LogP contribution < -0.4 is 14.2 Å². The van der Waals surface area contributed by atoms with Crippen molar-refractivity contribution in [3.63, 3.8) is 0 Å². The minimum Gasteiger partial charge on any atom is -0.507 e. The summed E-state index contributed by atoms with van der Waals surface area (Å²) < 4.78 is 27.7. The molecule has 2 saturated heterocycles. The molecule has 16 nitrogen and oxygen atoms in total. The Balaban J connectivity index is 1.43. The Morgan fingerprint density at radius 1 is 0.786 bits per heavy atom. The molecule has 0 bridgehead atoms. The summed E-state index contributed by atoms with van der Waals surface area (Å²) in [4.78, 5) is 13.1. The molecule has 5 rings (SSSR count). The maximum Gasteiger partial charge on any atom is 0.229 e. The van der Waals surface area contributed by atoms with Crippen LogP contribution in [-0.4, -0.2) is 125 Å². The van der Waals surface area contributed by atoms with E-state index in [1.165, 1.54) is 6.07 Å². The van der Waals surface area contributed by atoms with Gasteiger partial charge >= 0.3 is 0 Å². The molecular weight excluding hydrogens is 568 g/mol. The number of ketones is 1. The van der Waals surface area contributed by atoms with Crippen molar-refractivity contribution in [3.05, 3.63) is 35.4 Å². The average Bonchev–Trinajstić information content (AvgIpc) is 2.94. The lowest BCUT2D eigenvalue weighted by Gasteiger charge is -2.39. The number of Topliss-reactive ketones (excluding diaryl/α,β-unsaturated/α-hetero) is 1. The third-order valence-electron chi connectivity index (χ3n) is 7.23. The predicted octanol–water partition coefficient (Wildman–Crippen LogP) is -2.49. The van der Waals surface area contributed by atoms with Gasteiger partial charge in [-0.3, -0.25) is 4.79 Å². The Morgan fingerprint density at radius 3 is 2.19 bits per heavy atom. The van der Waals surface area contributed by atoms with Crippen molar-refractivity contribution in [1.29, 1.82) is 0 Å². The maximum atomic E-state index is 13.1. The molecule has 2 aromatic carbocycles. The van der Waals surface area contributed by atoms with Crippen LogP contribution in [-0.2, 0) is 9.47 Å². The molecule has 3 heterocycles. The molecule has 0 amide bonds. The van der Waals surface area contributed by atoms with Crippen molar-refractivity contribution < 1.29 is 79.5 Å². The van der Waals surface area contributed by atoms with Gasteiger partial charge in [0.15, 0.2) is 17.3 Å². The van der Waals surface area contributed by atoms with E-state index in [9.17, 15) is 55.9 Å². The summed E-state index contributed by atoms with van der Waals surface area (Å²) >= 11 is 0. The third-order valence-corrected chi connectivity index (χ3v) is 7.23. The molecule has 16 heteroatoms. The summed E-state index contributed by atoms with van der Waals surface area (Å²) in [6.45, 7) is -1.09. The van der Waals surface area contributed by atoms with Crippen LogP contribution in [0.1, 0.15) is 28.4 Å². The van der Waals surface area contributed by atoms with E-state index in [-0.39, 0.29) is 41.4 Å². The minimum atomic E-state index is -1.76. The highest BCUT2D eigenvalue weighted by Gasteiger charge is 2.45. The molecule has 3 aliphatic rings.